The van der Waals surface area contributed by atoms with Gasteiger partial charge in [0.2, 0.25) is 5.91 Å². The Balaban J connectivity index is 4.30. The Morgan fingerprint density at radius 2 is 0.964 bits per heavy atom. The van der Waals surface area contributed by atoms with Crippen molar-refractivity contribution in [2.75, 3.05) is 40.9 Å². The number of phosphoric ester groups is 1. The number of hydrogen-bond acceptors (Lipinski definition) is 5. The molecule has 3 atom stereocenters. The van der Waals surface area contributed by atoms with Gasteiger partial charge in [0.15, 0.2) is 0 Å². The first-order chi connectivity index (χ1) is 27.0. The van der Waals surface area contributed by atoms with Gasteiger partial charge in [-0.2, -0.15) is 0 Å². The van der Waals surface area contributed by atoms with Gasteiger partial charge >= 0.3 is 7.82 Å². The summed E-state index contributed by atoms with van der Waals surface area (Å²) in [7, 11) is 1.62. The molecule has 0 saturated carbocycles. The predicted molar refractivity (Wildman–Crippen MR) is 240 cm³/mol. The average Bonchev–Trinajstić information content (AvgIpc) is 3.15. The van der Waals surface area contributed by atoms with Crippen LogP contribution < -0.4 is 5.32 Å². The molecule has 334 valence electrons. The zero-order valence-electron chi connectivity index (χ0n) is 37.9. The number of rotatable bonds is 44. The van der Waals surface area contributed by atoms with Crippen molar-refractivity contribution in [3.05, 3.63) is 12.2 Å². The molecule has 0 aliphatic heterocycles. The Morgan fingerprint density at radius 3 is 1.38 bits per heavy atom. The van der Waals surface area contributed by atoms with Gasteiger partial charge in [-0.1, -0.05) is 199 Å². The molecule has 0 heterocycles. The van der Waals surface area contributed by atoms with Crippen LogP contribution in [0.3, 0.4) is 0 Å². The summed E-state index contributed by atoms with van der Waals surface area (Å²) in [4.78, 5) is 23.2. The van der Waals surface area contributed by atoms with E-state index < -0.39 is 20.0 Å². The van der Waals surface area contributed by atoms with E-state index in [1.165, 1.54) is 154 Å². The number of aliphatic hydroxyl groups is 1. The molecule has 0 aromatic rings. The van der Waals surface area contributed by atoms with Gasteiger partial charge < -0.3 is 19.8 Å². The number of unbranched alkanes of at least 4 members (excludes halogenated alkanes) is 29. The van der Waals surface area contributed by atoms with E-state index in [1.807, 2.05) is 21.1 Å². The minimum absolute atomic E-state index is 0.0751. The number of nitrogens with one attached hydrogen (secondary N) is 1. The molecule has 0 aliphatic carbocycles. The largest absolute Gasteiger partial charge is 0.472 e. The van der Waals surface area contributed by atoms with Gasteiger partial charge in [-0.05, 0) is 38.5 Å². The zero-order chi connectivity index (χ0) is 41.4. The molecule has 3 unspecified atom stereocenters. The first-order valence-electron chi connectivity index (χ1n) is 24.1. The summed E-state index contributed by atoms with van der Waals surface area (Å²) in [5.74, 6) is -0.151. The number of quaternary nitrogens is 1. The van der Waals surface area contributed by atoms with Crippen LogP contribution in [0.5, 0.6) is 0 Å². The topological polar surface area (TPSA) is 105 Å². The monoisotopic (exact) mass is 816 g/mol. The molecule has 0 rings (SSSR count). The minimum atomic E-state index is -4.31. The fourth-order valence-electron chi connectivity index (χ4n) is 7.16. The normalized spacial score (nSPS) is 14.3. The van der Waals surface area contributed by atoms with E-state index >= 15 is 0 Å². The summed E-state index contributed by atoms with van der Waals surface area (Å²) >= 11 is 0. The number of aliphatic hydroxyl groups excluding tert-OH is 1. The highest BCUT2D eigenvalue weighted by molar-refractivity contribution is 7.47. The number of likely N-dealkylation sites (N-methyl/N-ethyl adjacent to an activating group) is 1. The lowest BCUT2D eigenvalue weighted by Crippen LogP contribution is -2.46. The molecule has 56 heavy (non-hydrogen) atoms. The molecule has 0 aromatic heterocycles. The Hall–Kier alpha value is -0.760. The van der Waals surface area contributed by atoms with Crippen molar-refractivity contribution < 1.29 is 32.9 Å². The van der Waals surface area contributed by atoms with E-state index in [0.717, 1.165) is 51.4 Å². The molecule has 0 saturated heterocycles. The molecule has 0 spiro atoms. The summed E-state index contributed by atoms with van der Waals surface area (Å²) in [6, 6.07) is -0.761. The summed E-state index contributed by atoms with van der Waals surface area (Å²) in [5, 5.41) is 14.0. The standard InChI is InChI=1S/C47H95N2O6P/c1-6-8-10-12-14-16-18-20-22-23-24-25-27-28-30-32-34-36-38-40-46(50)45(44-55-56(52,53)54-43-42-49(3,4)5)48-47(51)41-39-37-35-33-31-29-26-21-19-17-15-13-11-9-7-2/h21,26,45-46,50H,6-20,22-25,27-44H2,1-5H3,(H-,48,51,52,53)/p+1/b26-21-. The highest BCUT2D eigenvalue weighted by Crippen LogP contribution is 2.43. The summed E-state index contributed by atoms with van der Waals surface area (Å²) < 4.78 is 23.7. The van der Waals surface area contributed by atoms with Crippen molar-refractivity contribution >= 4 is 13.7 Å². The predicted octanol–water partition coefficient (Wildman–Crippen LogP) is 13.5. The van der Waals surface area contributed by atoms with Crippen LogP contribution in [0.25, 0.3) is 0 Å². The number of carbonyl (C=O) groups excluding carboxylic acids is 1. The first-order valence-corrected chi connectivity index (χ1v) is 25.5. The smallest absolute Gasteiger partial charge is 0.391 e. The van der Waals surface area contributed by atoms with Crippen molar-refractivity contribution in [3.63, 3.8) is 0 Å². The minimum Gasteiger partial charge on any atom is -0.391 e. The van der Waals surface area contributed by atoms with Crippen LogP contribution in [-0.4, -0.2) is 73.4 Å². The Bertz CT molecular complexity index is 927. The molecule has 9 heteroatoms. The Morgan fingerprint density at radius 1 is 0.589 bits per heavy atom. The van der Waals surface area contributed by atoms with Gasteiger partial charge in [-0.15, -0.1) is 0 Å². The van der Waals surface area contributed by atoms with E-state index in [9.17, 15) is 19.4 Å². The first kappa shape index (κ1) is 55.2. The molecule has 3 N–H and O–H groups in total. The molecule has 8 nitrogen and oxygen atoms in total. The molecule has 0 aromatic carbocycles. The molecule has 1 amide bonds. The fourth-order valence-corrected chi connectivity index (χ4v) is 7.89. The van der Waals surface area contributed by atoms with Gasteiger partial charge in [0.05, 0.1) is 39.9 Å². The third kappa shape index (κ3) is 41.4. The second kappa shape index (κ2) is 39.7. The van der Waals surface area contributed by atoms with Crippen molar-refractivity contribution in [2.24, 2.45) is 0 Å². The number of amides is 1. The third-order valence-electron chi connectivity index (χ3n) is 11.0. The van der Waals surface area contributed by atoms with E-state index in [0.29, 0.717) is 23.9 Å². The lowest BCUT2D eigenvalue weighted by Gasteiger charge is -2.26. The SMILES string of the molecule is CCCCCCCC/C=C\CCCCCCCC(=O)NC(COP(=O)(O)OCC[N+](C)(C)C)C(O)CCCCCCCCCCCCCCCCCCCCC. The molecule has 0 bridgehead atoms. The van der Waals surface area contributed by atoms with Crippen molar-refractivity contribution in [1.82, 2.24) is 5.32 Å². The van der Waals surface area contributed by atoms with Crippen molar-refractivity contribution in [3.8, 4) is 0 Å². The maximum Gasteiger partial charge on any atom is 0.472 e. The van der Waals surface area contributed by atoms with Crippen LogP contribution in [0.1, 0.15) is 232 Å². The van der Waals surface area contributed by atoms with Gasteiger partial charge in [0.1, 0.15) is 13.2 Å². The maximum atomic E-state index is 12.9. The average molecular weight is 816 g/mol. The van der Waals surface area contributed by atoms with Crippen molar-refractivity contribution in [1.29, 1.82) is 0 Å². The van der Waals surface area contributed by atoms with Gasteiger partial charge in [0, 0.05) is 6.42 Å². The fraction of sp³-hybridized carbons (Fsp3) is 0.936. The number of allylic oxidation sites excluding steroid dienone is 2. The lowest BCUT2D eigenvalue weighted by molar-refractivity contribution is -0.870. The molecule has 0 radical (unpaired) electrons. The third-order valence-corrected chi connectivity index (χ3v) is 12.0. The summed E-state index contributed by atoms with van der Waals surface area (Å²) in [5.41, 5.74) is 0. The van der Waals surface area contributed by atoms with Gasteiger partial charge in [-0.3, -0.25) is 13.8 Å². The Kier molecular flexibility index (Phi) is 39.1. The summed E-state index contributed by atoms with van der Waals surface area (Å²) in [6.07, 6.45) is 45.2. The van der Waals surface area contributed by atoms with Gasteiger partial charge in [-0.25, -0.2) is 4.57 Å². The van der Waals surface area contributed by atoms with E-state index in [2.05, 4.69) is 31.3 Å². The van der Waals surface area contributed by atoms with Crippen LogP contribution in [-0.2, 0) is 18.4 Å². The second-order valence-electron chi connectivity index (χ2n) is 17.8. The Labute approximate surface area is 348 Å². The molecular weight excluding hydrogens is 719 g/mol. The zero-order valence-corrected chi connectivity index (χ0v) is 38.8. The van der Waals surface area contributed by atoms with E-state index in [-0.39, 0.29) is 19.1 Å². The quantitative estimate of drug-likeness (QED) is 0.0245. The van der Waals surface area contributed by atoms with Crippen LogP contribution in [0.15, 0.2) is 12.2 Å². The van der Waals surface area contributed by atoms with Crippen molar-refractivity contribution in [2.45, 2.75) is 244 Å². The van der Waals surface area contributed by atoms with E-state index in [1.54, 1.807) is 0 Å². The maximum absolute atomic E-state index is 12.9. The number of carbonyl (C=O) groups is 1. The number of phosphoric acid groups is 1. The second-order valence-corrected chi connectivity index (χ2v) is 19.3. The molecule has 0 aliphatic rings. The van der Waals surface area contributed by atoms with Crippen LogP contribution in [0.4, 0.5) is 0 Å². The number of hydrogen-bond donors (Lipinski definition) is 3. The van der Waals surface area contributed by atoms with Crippen LogP contribution >= 0.6 is 7.82 Å². The molecule has 0 fully saturated rings. The number of nitrogens with zero attached hydrogens (tertiary/aromatic N) is 1. The summed E-state index contributed by atoms with van der Waals surface area (Å²) in [6.45, 7) is 4.90. The molecular formula is C47H96N2O6P+. The van der Waals surface area contributed by atoms with Crippen LogP contribution in [0.2, 0.25) is 0 Å². The highest BCUT2D eigenvalue weighted by atomic mass is 31.2. The highest BCUT2D eigenvalue weighted by Gasteiger charge is 2.28. The van der Waals surface area contributed by atoms with E-state index in [4.69, 9.17) is 9.05 Å². The lowest BCUT2D eigenvalue weighted by atomic mass is 10.0. The van der Waals surface area contributed by atoms with Crippen LogP contribution in [0, 0.1) is 0 Å². The van der Waals surface area contributed by atoms with Gasteiger partial charge in [0.25, 0.3) is 0 Å².